The van der Waals surface area contributed by atoms with Gasteiger partial charge in [-0.3, -0.25) is 4.79 Å². The van der Waals surface area contributed by atoms with Crippen molar-refractivity contribution in [3.8, 4) is 0 Å². The molecule has 3 nitrogen and oxygen atoms in total. The molecule has 4 unspecified atom stereocenters. The molecule has 4 atom stereocenters. The van der Waals surface area contributed by atoms with Crippen LogP contribution in [0.15, 0.2) is 22.8 Å². The lowest BCUT2D eigenvalue weighted by Crippen LogP contribution is -2.44. The van der Waals surface area contributed by atoms with Crippen LogP contribution >= 0.6 is 0 Å². The van der Waals surface area contributed by atoms with Crippen molar-refractivity contribution in [2.24, 2.45) is 22.2 Å². The maximum absolute atomic E-state index is 13.0. The van der Waals surface area contributed by atoms with E-state index in [2.05, 4.69) is 19.2 Å². The summed E-state index contributed by atoms with van der Waals surface area (Å²) in [6.45, 7) is 5.21. The number of furan rings is 1. The number of amides is 1. The minimum atomic E-state index is -0.0995. The van der Waals surface area contributed by atoms with Crippen LogP contribution in [-0.2, 0) is 11.3 Å². The number of nitrogens with one attached hydrogen (secondary N) is 1. The van der Waals surface area contributed by atoms with E-state index in [4.69, 9.17) is 4.42 Å². The fourth-order valence-electron chi connectivity index (χ4n) is 6.03. The van der Waals surface area contributed by atoms with E-state index in [1.807, 2.05) is 12.1 Å². The highest BCUT2D eigenvalue weighted by molar-refractivity contribution is 5.84. The molecule has 1 aromatic heterocycles. The van der Waals surface area contributed by atoms with Crippen LogP contribution < -0.4 is 5.32 Å². The van der Waals surface area contributed by atoms with Crippen molar-refractivity contribution in [3.63, 3.8) is 0 Å². The molecular weight excluding hydrogens is 274 g/mol. The first-order valence-electron chi connectivity index (χ1n) is 8.82. The Hall–Kier alpha value is -1.25. The molecule has 3 aliphatic rings. The van der Waals surface area contributed by atoms with E-state index in [1.165, 1.54) is 25.7 Å². The molecule has 1 amide bonds. The van der Waals surface area contributed by atoms with E-state index in [-0.39, 0.29) is 11.3 Å². The molecule has 1 N–H and O–H groups in total. The van der Waals surface area contributed by atoms with Gasteiger partial charge in [0.1, 0.15) is 5.76 Å². The molecule has 2 bridgehead atoms. The van der Waals surface area contributed by atoms with Crippen LogP contribution in [0.2, 0.25) is 0 Å². The lowest BCUT2D eigenvalue weighted by atomic mass is 9.65. The largest absolute Gasteiger partial charge is 0.467 e. The predicted molar refractivity (Wildman–Crippen MR) is 85.0 cm³/mol. The molecular formula is C19H27NO2. The van der Waals surface area contributed by atoms with Crippen molar-refractivity contribution in [3.05, 3.63) is 24.2 Å². The van der Waals surface area contributed by atoms with E-state index in [0.717, 1.165) is 30.9 Å². The fourth-order valence-corrected chi connectivity index (χ4v) is 6.03. The number of hydrogen-bond donors (Lipinski definition) is 1. The second kappa shape index (κ2) is 4.62. The molecule has 0 aromatic carbocycles. The van der Waals surface area contributed by atoms with Crippen LogP contribution in [-0.4, -0.2) is 5.91 Å². The van der Waals surface area contributed by atoms with Crippen LogP contribution in [0, 0.1) is 22.2 Å². The van der Waals surface area contributed by atoms with Crippen molar-refractivity contribution < 1.29 is 9.21 Å². The fraction of sp³-hybridized carbons (Fsp3) is 0.737. The first-order chi connectivity index (χ1) is 10.5. The van der Waals surface area contributed by atoms with Crippen LogP contribution in [0.5, 0.6) is 0 Å². The summed E-state index contributed by atoms with van der Waals surface area (Å²) in [7, 11) is 0. The van der Waals surface area contributed by atoms with Gasteiger partial charge in [0, 0.05) is 0 Å². The van der Waals surface area contributed by atoms with Crippen LogP contribution in [0.1, 0.15) is 64.6 Å². The number of rotatable bonds is 5. The molecule has 3 heteroatoms. The average molecular weight is 301 g/mol. The molecule has 0 saturated heterocycles. The molecule has 22 heavy (non-hydrogen) atoms. The summed E-state index contributed by atoms with van der Waals surface area (Å²) in [4.78, 5) is 13.0. The van der Waals surface area contributed by atoms with Crippen molar-refractivity contribution >= 4 is 5.91 Å². The standard InChI is InChI=1S/C19H27NO2/c1-3-5-14-8-18(11-17(2)12-19(17,9-14)13-18)16(21)20-10-15-6-4-7-22-15/h4,6-7,14H,3,5,8-13H2,1-2H3,(H,20,21). The molecule has 0 aliphatic heterocycles. The van der Waals surface area contributed by atoms with Gasteiger partial charge in [-0.2, -0.15) is 0 Å². The zero-order valence-corrected chi connectivity index (χ0v) is 13.8. The van der Waals surface area contributed by atoms with E-state index in [0.29, 0.717) is 17.4 Å². The van der Waals surface area contributed by atoms with Gasteiger partial charge in [0.2, 0.25) is 5.91 Å². The predicted octanol–water partition coefficient (Wildman–Crippen LogP) is 4.28. The van der Waals surface area contributed by atoms with Crippen molar-refractivity contribution in [1.29, 1.82) is 0 Å². The number of carbonyl (C=O) groups excluding carboxylic acids is 1. The van der Waals surface area contributed by atoms with Gasteiger partial charge in [-0.15, -0.1) is 0 Å². The minimum absolute atomic E-state index is 0.0995. The Kier molecular flexibility index (Phi) is 3.02. The number of carbonyl (C=O) groups is 1. The van der Waals surface area contributed by atoms with Crippen molar-refractivity contribution in [2.45, 2.75) is 65.3 Å². The Morgan fingerprint density at radius 2 is 2.23 bits per heavy atom. The Morgan fingerprint density at radius 3 is 2.95 bits per heavy atom. The highest BCUT2D eigenvalue weighted by Crippen LogP contribution is 2.83. The molecule has 0 radical (unpaired) electrons. The molecule has 3 saturated carbocycles. The van der Waals surface area contributed by atoms with Gasteiger partial charge in [-0.25, -0.2) is 0 Å². The summed E-state index contributed by atoms with van der Waals surface area (Å²) in [5, 5.41) is 3.16. The molecule has 3 aliphatic carbocycles. The molecule has 3 fully saturated rings. The zero-order valence-electron chi connectivity index (χ0n) is 13.8. The monoisotopic (exact) mass is 301 g/mol. The second-order valence-corrected chi connectivity index (χ2v) is 8.48. The third-order valence-corrected chi connectivity index (χ3v) is 6.83. The summed E-state index contributed by atoms with van der Waals surface area (Å²) in [5.74, 6) is 1.87. The molecule has 120 valence electrons. The van der Waals surface area contributed by atoms with Gasteiger partial charge >= 0.3 is 0 Å². The lowest BCUT2D eigenvalue weighted by molar-refractivity contribution is -0.134. The Morgan fingerprint density at radius 1 is 1.36 bits per heavy atom. The first-order valence-corrected chi connectivity index (χ1v) is 8.82. The summed E-state index contributed by atoms with van der Waals surface area (Å²) in [5.41, 5.74) is 0.836. The van der Waals surface area contributed by atoms with E-state index < -0.39 is 0 Å². The van der Waals surface area contributed by atoms with Crippen LogP contribution in [0.3, 0.4) is 0 Å². The highest BCUT2D eigenvalue weighted by atomic mass is 16.3. The lowest BCUT2D eigenvalue weighted by Gasteiger charge is -2.39. The van der Waals surface area contributed by atoms with Crippen LogP contribution in [0.25, 0.3) is 0 Å². The molecule has 1 heterocycles. The van der Waals surface area contributed by atoms with Crippen molar-refractivity contribution in [2.75, 3.05) is 0 Å². The summed E-state index contributed by atoms with van der Waals surface area (Å²) < 4.78 is 5.34. The Labute approximate surface area is 132 Å². The summed E-state index contributed by atoms with van der Waals surface area (Å²) in [6, 6.07) is 3.80. The average Bonchev–Trinajstić information content (AvgIpc) is 2.84. The van der Waals surface area contributed by atoms with Crippen LogP contribution in [0.4, 0.5) is 0 Å². The summed E-state index contributed by atoms with van der Waals surface area (Å²) in [6.07, 6.45) is 10.2. The van der Waals surface area contributed by atoms with E-state index in [1.54, 1.807) is 6.26 Å². The smallest absolute Gasteiger partial charge is 0.226 e. The SMILES string of the molecule is CCCC1CC2(C(=O)NCc3ccco3)CC3(C)CC3(C1)C2. The topological polar surface area (TPSA) is 42.2 Å². The minimum Gasteiger partial charge on any atom is -0.467 e. The Balaban J connectivity index is 1.50. The van der Waals surface area contributed by atoms with E-state index in [9.17, 15) is 4.79 Å². The van der Waals surface area contributed by atoms with E-state index >= 15 is 0 Å². The van der Waals surface area contributed by atoms with Gasteiger partial charge in [0.05, 0.1) is 18.2 Å². The molecule has 1 aromatic rings. The normalized spacial score (nSPS) is 42.0. The first kappa shape index (κ1) is 14.3. The molecule has 4 rings (SSSR count). The molecule has 1 spiro atoms. The van der Waals surface area contributed by atoms with Gasteiger partial charge in [-0.05, 0) is 61.0 Å². The zero-order chi connectivity index (χ0) is 15.4. The Bertz CT molecular complexity index is 576. The van der Waals surface area contributed by atoms with Gasteiger partial charge in [-0.1, -0.05) is 26.7 Å². The number of hydrogen-bond acceptors (Lipinski definition) is 2. The quantitative estimate of drug-likeness (QED) is 0.882. The maximum Gasteiger partial charge on any atom is 0.226 e. The maximum atomic E-state index is 13.0. The van der Waals surface area contributed by atoms with Gasteiger partial charge in [0.25, 0.3) is 0 Å². The third kappa shape index (κ3) is 1.97. The third-order valence-electron chi connectivity index (χ3n) is 6.83. The summed E-state index contributed by atoms with van der Waals surface area (Å²) >= 11 is 0. The van der Waals surface area contributed by atoms with Gasteiger partial charge in [0.15, 0.2) is 0 Å². The highest BCUT2D eigenvalue weighted by Gasteiger charge is 2.76. The van der Waals surface area contributed by atoms with Gasteiger partial charge < -0.3 is 9.73 Å². The number of fused-ring (bicyclic) bond motifs is 1. The second-order valence-electron chi connectivity index (χ2n) is 8.48. The van der Waals surface area contributed by atoms with Crippen molar-refractivity contribution in [1.82, 2.24) is 5.32 Å².